The number of nitro groups is 1. The molecular weight excluding hydrogens is 373 g/mol. The molecule has 1 amide bonds. The first-order valence-electron chi connectivity index (χ1n) is 7.98. The predicted octanol–water partition coefficient (Wildman–Crippen LogP) is 3.60. The largest absolute Gasteiger partial charge is 0.336 e. The molecule has 144 valence electrons. The summed E-state index contributed by atoms with van der Waals surface area (Å²) in [7, 11) is -3.95. The zero-order valence-electron chi connectivity index (χ0n) is 14.2. The summed E-state index contributed by atoms with van der Waals surface area (Å²) >= 11 is 0. The van der Waals surface area contributed by atoms with Gasteiger partial charge in [-0.3, -0.25) is 19.5 Å². The van der Waals surface area contributed by atoms with Gasteiger partial charge in [-0.1, -0.05) is 0 Å². The zero-order valence-corrected chi connectivity index (χ0v) is 15.1. The number of amides is 1. The molecule has 0 N–H and O–H groups in total. The van der Waals surface area contributed by atoms with Gasteiger partial charge in [0.1, 0.15) is 6.04 Å². The van der Waals surface area contributed by atoms with Gasteiger partial charge in [0.05, 0.1) is 23.8 Å². The van der Waals surface area contributed by atoms with Gasteiger partial charge in [0.25, 0.3) is 12.1 Å². The highest BCUT2D eigenvalue weighted by Crippen LogP contribution is 2.59. The van der Waals surface area contributed by atoms with E-state index in [2.05, 4.69) is 0 Å². The molecule has 11 heteroatoms. The maximum atomic E-state index is 13.8. The van der Waals surface area contributed by atoms with Crippen molar-refractivity contribution in [1.82, 2.24) is 0 Å². The zero-order chi connectivity index (χ0) is 19.5. The lowest BCUT2D eigenvalue weighted by molar-refractivity contribution is -0.384. The third-order valence-corrected chi connectivity index (χ3v) is 6.50. The maximum Gasteiger partial charge on any atom is 0.336 e. The Morgan fingerprint density at radius 2 is 1.81 bits per heavy atom. The molecule has 1 aromatic rings. The van der Waals surface area contributed by atoms with E-state index in [0.29, 0.717) is 0 Å². The number of halogens is 2. The van der Waals surface area contributed by atoms with Gasteiger partial charge in [0, 0.05) is 24.2 Å². The number of anilines is 1. The summed E-state index contributed by atoms with van der Waals surface area (Å²) in [5, 5.41) is 10.7. The van der Waals surface area contributed by atoms with Gasteiger partial charge in [-0.2, -0.15) is 0 Å². The van der Waals surface area contributed by atoms with Crippen molar-refractivity contribution in [2.24, 2.45) is 0 Å². The van der Waals surface area contributed by atoms with E-state index in [-0.39, 0.29) is 24.6 Å². The number of nitrogens with zero attached hydrogens (tertiary/aromatic N) is 2. The molecule has 0 aromatic heterocycles. The molecule has 1 aliphatic rings. The summed E-state index contributed by atoms with van der Waals surface area (Å²) in [6.07, 6.45) is -3.43. The highest BCUT2D eigenvalue weighted by atomic mass is 31.2. The van der Waals surface area contributed by atoms with E-state index in [1.54, 1.807) is 13.8 Å². The Bertz CT molecular complexity index is 705. The number of hydrogen-bond donors (Lipinski definition) is 0. The molecule has 1 heterocycles. The summed E-state index contributed by atoms with van der Waals surface area (Å²) in [6, 6.07) is 2.93. The minimum Gasteiger partial charge on any atom is -0.309 e. The lowest BCUT2D eigenvalue weighted by atomic mass is 10.2. The average molecular weight is 392 g/mol. The highest BCUT2D eigenvalue weighted by Gasteiger charge is 2.55. The molecule has 0 bridgehead atoms. The van der Waals surface area contributed by atoms with Crippen LogP contribution in [0.4, 0.5) is 20.2 Å². The number of carbonyl (C=O) groups excluding carboxylic acids is 1. The number of nitro benzene ring substituents is 1. The Hall–Kier alpha value is -1.90. The van der Waals surface area contributed by atoms with Gasteiger partial charge in [-0.25, -0.2) is 8.78 Å². The van der Waals surface area contributed by atoms with Crippen molar-refractivity contribution in [3.8, 4) is 0 Å². The van der Waals surface area contributed by atoms with Crippen LogP contribution < -0.4 is 4.90 Å². The van der Waals surface area contributed by atoms with Gasteiger partial charge in [0.2, 0.25) is 5.91 Å². The third-order valence-electron chi connectivity index (χ3n) is 3.97. The van der Waals surface area contributed by atoms with Gasteiger partial charge in [0.15, 0.2) is 0 Å². The first kappa shape index (κ1) is 20.4. The van der Waals surface area contributed by atoms with Crippen molar-refractivity contribution in [2.45, 2.75) is 38.4 Å². The first-order valence-corrected chi connectivity index (χ1v) is 9.59. The van der Waals surface area contributed by atoms with E-state index < -0.39 is 43.0 Å². The van der Waals surface area contributed by atoms with Crippen LogP contribution >= 0.6 is 7.60 Å². The molecule has 0 saturated carbocycles. The molecule has 26 heavy (non-hydrogen) atoms. The summed E-state index contributed by atoms with van der Waals surface area (Å²) in [5.41, 5.74) is -1.50. The Morgan fingerprint density at radius 1 is 1.27 bits per heavy atom. The fourth-order valence-corrected chi connectivity index (χ4v) is 5.15. The normalized spacial score (nSPS) is 20.8. The standard InChI is InChI=1S/C15H19F2N2O6P/c1-3-24-26(23,25-4-2)12-9-13(20)18(14(12)15(16)17)10-5-7-11(8-6-10)19(21)22/h5-8,12,14-15H,3-4,9H2,1-2H3/t12-,14-/m0/s1. The predicted molar refractivity (Wildman–Crippen MR) is 89.6 cm³/mol. The Morgan fingerprint density at radius 3 is 2.23 bits per heavy atom. The van der Waals surface area contributed by atoms with Gasteiger partial charge in [-0.15, -0.1) is 0 Å². The van der Waals surface area contributed by atoms with Gasteiger partial charge >= 0.3 is 7.60 Å². The smallest absolute Gasteiger partial charge is 0.309 e. The molecule has 2 rings (SSSR count). The lowest BCUT2D eigenvalue weighted by Crippen LogP contribution is -2.43. The van der Waals surface area contributed by atoms with Crippen LogP contribution in [0.3, 0.4) is 0 Å². The van der Waals surface area contributed by atoms with Crippen LogP contribution in [0.2, 0.25) is 0 Å². The Balaban J connectivity index is 2.42. The Labute approximate surface area is 148 Å². The average Bonchev–Trinajstić information content (AvgIpc) is 2.93. The van der Waals surface area contributed by atoms with Crippen molar-refractivity contribution in [2.75, 3.05) is 18.1 Å². The fraction of sp³-hybridized carbons (Fsp3) is 0.533. The van der Waals surface area contributed by atoms with Crippen LogP contribution in [-0.4, -0.2) is 42.2 Å². The third kappa shape index (κ3) is 3.92. The summed E-state index contributed by atoms with van der Waals surface area (Å²) < 4.78 is 50.8. The van der Waals surface area contributed by atoms with Crippen molar-refractivity contribution in [3.05, 3.63) is 34.4 Å². The SMILES string of the molecule is CCOP(=O)(OCC)[C@H]1CC(=O)N(c2ccc([N+](=O)[O-])cc2)[C@@H]1C(F)F. The molecule has 1 saturated heterocycles. The topological polar surface area (TPSA) is 99.0 Å². The van der Waals surface area contributed by atoms with Crippen molar-refractivity contribution >= 4 is 24.9 Å². The second-order valence-electron chi connectivity index (χ2n) is 5.51. The lowest BCUT2D eigenvalue weighted by Gasteiger charge is -2.30. The highest BCUT2D eigenvalue weighted by molar-refractivity contribution is 7.54. The van der Waals surface area contributed by atoms with E-state index in [0.717, 1.165) is 17.0 Å². The second kappa shape index (κ2) is 8.20. The van der Waals surface area contributed by atoms with Crippen LogP contribution in [0.1, 0.15) is 20.3 Å². The number of non-ortho nitro benzene ring substituents is 1. The molecule has 1 aromatic carbocycles. The molecule has 1 fully saturated rings. The number of rotatable bonds is 8. The van der Waals surface area contributed by atoms with E-state index in [1.807, 2.05) is 0 Å². The molecule has 0 unspecified atom stereocenters. The van der Waals surface area contributed by atoms with Gasteiger partial charge < -0.3 is 13.9 Å². The molecular formula is C15H19F2N2O6P. The van der Waals surface area contributed by atoms with Crippen LogP contribution in [0.15, 0.2) is 24.3 Å². The van der Waals surface area contributed by atoms with E-state index in [1.165, 1.54) is 12.1 Å². The number of alkyl halides is 2. The minimum absolute atomic E-state index is 0.0184. The van der Waals surface area contributed by atoms with E-state index >= 15 is 0 Å². The van der Waals surface area contributed by atoms with Crippen LogP contribution in [0.25, 0.3) is 0 Å². The van der Waals surface area contributed by atoms with E-state index in [9.17, 15) is 28.3 Å². The van der Waals surface area contributed by atoms with Crippen LogP contribution in [0, 0.1) is 10.1 Å². The van der Waals surface area contributed by atoms with E-state index in [4.69, 9.17) is 9.05 Å². The van der Waals surface area contributed by atoms with Crippen molar-refractivity contribution in [1.29, 1.82) is 0 Å². The number of hydrogen-bond acceptors (Lipinski definition) is 6. The van der Waals surface area contributed by atoms with Crippen molar-refractivity contribution in [3.63, 3.8) is 0 Å². The van der Waals surface area contributed by atoms with Crippen LogP contribution in [-0.2, 0) is 18.4 Å². The monoisotopic (exact) mass is 392 g/mol. The quantitative estimate of drug-likeness (QED) is 0.381. The summed E-state index contributed by atoms with van der Waals surface area (Å²) in [4.78, 5) is 23.3. The molecule has 0 spiro atoms. The summed E-state index contributed by atoms with van der Waals surface area (Å²) in [6.45, 7) is 3.06. The van der Waals surface area contributed by atoms with Crippen molar-refractivity contribution < 1.29 is 32.1 Å². The molecule has 0 aliphatic carbocycles. The Kier molecular flexibility index (Phi) is 6.44. The number of carbonyl (C=O) groups is 1. The molecule has 1 aliphatic heterocycles. The fourth-order valence-electron chi connectivity index (χ4n) is 2.96. The maximum absolute atomic E-state index is 13.8. The van der Waals surface area contributed by atoms with Crippen LogP contribution in [0.5, 0.6) is 0 Å². The minimum atomic E-state index is -3.95. The molecule has 0 radical (unpaired) electrons. The second-order valence-corrected chi connectivity index (χ2v) is 7.77. The molecule has 2 atom stereocenters. The number of benzene rings is 1. The first-order chi connectivity index (χ1) is 12.2. The molecule has 8 nitrogen and oxygen atoms in total. The van der Waals surface area contributed by atoms with Gasteiger partial charge in [-0.05, 0) is 26.0 Å². The summed E-state index contributed by atoms with van der Waals surface area (Å²) in [5.74, 6) is -0.672.